The first kappa shape index (κ1) is 31.6. The van der Waals surface area contributed by atoms with Gasteiger partial charge in [-0.05, 0) is 66.6 Å². The standard InChI is InChI=1S/C30H23F8N5O2/c31-17-8-14(9-18(32)12-17)10-22(25-19(2-1-7-40-25)16-5-6-21(33)20(11-16)29(39)45)41-23(44)13-43-26(28(34)35)24(15-3-4-15)27(42-43)30(36,37)38/h1-2,5-9,11-12,15,22,28H,3-4,10,13H2,(H2,39,45)(H,41,44)/t22-/m0/s1. The first-order chi connectivity index (χ1) is 21.2. The fraction of sp³-hybridized carbons (Fsp3) is 0.267. The SMILES string of the molecule is NC(=O)c1cc(-c2cccnc2[C@H](Cc2cc(F)cc(F)c2)NC(=O)Cn2nc(C(F)(F)F)c(C3CC3)c2C(F)F)ccc1F. The Balaban J connectivity index is 1.55. The molecule has 15 heteroatoms. The van der Waals surface area contributed by atoms with Crippen molar-refractivity contribution < 1.29 is 44.7 Å². The van der Waals surface area contributed by atoms with Crippen molar-refractivity contribution in [3.05, 3.63) is 106 Å². The lowest BCUT2D eigenvalue weighted by molar-refractivity contribution is -0.142. The molecule has 2 amide bonds. The molecule has 236 valence electrons. The summed E-state index contributed by atoms with van der Waals surface area (Å²) >= 11 is 0. The van der Waals surface area contributed by atoms with Crippen molar-refractivity contribution in [1.29, 1.82) is 0 Å². The highest BCUT2D eigenvalue weighted by molar-refractivity contribution is 5.94. The molecule has 1 aliphatic rings. The van der Waals surface area contributed by atoms with Crippen molar-refractivity contribution in [1.82, 2.24) is 20.1 Å². The van der Waals surface area contributed by atoms with Crippen LogP contribution in [0.3, 0.4) is 0 Å². The summed E-state index contributed by atoms with van der Waals surface area (Å²) in [4.78, 5) is 29.3. The number of aromatic nitrogens is 3. The molecule has 1 atom stereocenters. The predicted molar refractivity (Wildman–Crippen MR) is 143 cm³/mol. The number of rotatable bonds is 10. The van der Waals surface area contributed by atoms with Crippen LogP contribution < -0.4 is 11.1 Å². The van der Waals surface area contributed by atoms with Gasteiger partial charge in [0.1, 0.15) is 29.7 Å². The number of nitrogens with one attached hydrogen (secondary N) is 1. The molecule has 4 aromatic rings. The van der Waals surface area contributed by atoms with Gasteiger partial charge in [-0.25, -0.2) is 22.0 Å². The third-order valence-electron chi connectivity index (χ3n) is 7.19. The maximum Gasteiger partial charge on any atom is 0.435 e. The maximum absolute atomic E-state index is 14.2. The van der Waals surface area contributed by atoms with Crippen LogP contribution in [0.5, 0.6) is 0 Å². The van der Waals surface area contributed by atoms with Crippen LogP contribution in [0.25, 0.3) is 11.1 Å². The quantitative estimate of drug-likeness (QED) is 0.197. The molecule has 5 rings (SSSR count). The zero-order chi connectivity index (χ0) is 32.6. The summed E-state index contributed by atoms with van der Waals surface area (Å²) in [5, 5.41) is 5.86. The maximum atomic E-state index is 14.2. The number of alkyl halides is 5. The molecule has 0 unspecified atom stereocenters. The molecule has 7 nitrogen and oxygen atoms in total. The summed E-state index contributed by atoms with van der Waals surface area (Å²) in [7, 11) is 0. The molecule has 2 aromatic heterocycles. The van der Waals surface area contributed by atoms with Gasteiger partial charge in [0.05, 0.1) is 17.3 Å². The number of carbonyl (C=O) groups is 2. The fourth-order valence-corrected chi connectivity index (χ4v) is 5.20. The summed E-state index contributed by atoms with van der Waals surface area (Å²) in [5.74, 6) is -5.69. The highest BCUT2D eigenvalue weighted by Gasteiger charge is 2.45. The third kappa shape index (κ3) is 6.97. The first-order valence-corrected chi connectivity index (χ1v) is 13.5. The molecule has 0 radical (unpaired) electrons. The Hall–Kier alpha value is -4.82. The van der Waals surface area contributed by atoms with E-state index in [4.69, 9.17) is 5.73 Å². The number of carbonyl (C=O) groups excluding carboxylic acids is 2. The normalized spacial score (nSPS) is 14.1. The highest BCUT2D eigenvalue weighted by Crippen LogP contribution is 2.49. The molecule has 1 fully saturated rings. The smallest absolute Gasteiger partial charge is 0.366 e. The summed E-state index contributed by atoms with van der Waals surface area (Å²) in [6, 6.07) is 7.69. The minimum absolute atomic E-state index is 0.0362. The van der Waals surface area contributed by atoms with Crippen molar-refractivity contribution in [3.8, 4) is 11.1 Å². The monoisotopic (exact) mass is 637 g/mol. The lowest BCUT2D eigenvalue weighted by atomic mass is 9.94. The second kappa shape index (κ2) is 12.3. The number of nitrogens with two attached hydrogens (primary N) is 1. The average molecular weight is 638 g/mol. The molecule has 1 aliphatic carbocycles. The number of pyridine rings is 1. The van der Waals surface area contributed by atoms with E-state index in [0.29, 0.717) is 10.7 Å². The Morgan fingerprint density at radius 2 is 1.71 bits per heavy atom. The summed E-state index contributed by atoms with van der Waals surface area (Å²) in [6.07, 6.45) is -6.91. The lowest BCUT2D eigenvalue weighted by Gasteiger charge is -2.22. The van der Waals surface area contributed by atoms with Crippen molar-refractivity contribution in [2.45, 2.75) is 50.4 Å². The number of halogens is 8. The molecule has 0 aliphatic heterocycles. The van der Waals surface area contributed by atoms with Crippen molar-refractivity contribution >= 4 is 11.8 Å². The summed E-state index contributed by atoms with van der Waals surface area (Å²) < 4.78 is 112. The lowest BCUT2D eigenvalue weighted by Crippen LogP contribution is -2.34. The van der Waals surface area contributed by atoms with Gasteiger partial charge in [-0.3, -0.25) is 19.3 Å². The fourth-order valence-electron chi connectivity index (χ4n) is 5.20. The average Bonchev–Trinajstić information content (AvgIpc) is 3.71. The van der Waals surface area contributed by atoms with E-state index in [0.717, 1.165) is 24.3 Å². The van der Waals surface area contributed by atoms with Gasteiger partial charge in [0.2, 0.25) is 5.91 Å². The molecule has 2 aromatic carbocycles. The Kier molecular flexibility index (Phi) is 8.63. The Morgan fingerprint density at radius 3 is 2.31 bits per heavy atom. The van der Waals surface area contributed by atoms with Gasteiger partial charge in [-0.1, -0.05) is 12.1 Å². The van der Waals surface area contributed by atoms with Crippen LogP contribution >= 0.6 is 0 Å². The van der Waals surface area contributed by atoms with Gasteiger partial charge in [-0.15, -0.1) is 0 Å². The Labute approximate surface area is 250 Å². The van der Waals surface area contributed by atoms with E-state index in [9.17, 15) is 44.7 Å². The third-order valence-corrected chi connectivity index (χ3v) is 7.19. The van der Waals surface area contributed by atoms with E-state index in [-0.39, 0.29) is 41.6 Å². The second-order valence-electron chi connectivity index (χ2n) is 10.5. The van der Waals surface area contributed by atoms with Crippen molar-refractivity contribution in [3.63, 3.8) is 0 Å². The minimum atomic E-state index is -5.05. The molecular formula is C30H23F8N5O2. The topological polar surface area (TPSA) is 103 Å². The molecular weight excluding hydrogens is 614 g/mol. The number of primary amides is 1. The van der Waals surface area contributed by atoms with E-state index in [1.807, 2.05) is 0 Å². The van der Waals surface area contributed by atoms with E-state index in [1.165, 1.54) is 24.4 Å². The molecule has 45 heavy (non-hydrogen) atoms. The van der Waals surface area contributed by atoms with E-state index < -0.39 is 82.9 Å². The van der Waals surface area contributed by atoms with Crippen LogP contribution in [0.4, 0.5) is 35.1 Å². The van der Waals surface area contributed by atoms with Crippen LogP contribution in [-0.2, 0) is 23.9 Å². The Bertz CT molecular complexity index is 1750. The number of amides is 2. The van der Waals surface area contributed by atoms with E-state index >= 15 is 0 Å². The number of nitrogens with zero attached hydrogens (tertiary/aromatic N) is 3. The molecule has 0 bridgehead atoms. The Morgan fingerprint density at radius 1 is 1.02 bits per heavy atom. The van der Waals surface area contributed by atoms with Gasteiger partial charge in [0.25, 0.3) is 12.3 Å². The van der Waals surface area contributed by atoms with Crippen LogP contribution in [0.2, 0.25) is 0 Å². The van der Waals surface area contributed by atoms with Gasteiger partial charge >= 0.3 is 6.18 Å². The van der Waals surface area contributed by atoms with Crippen LogP contribution in [0.1, 0.15) is 69.8 Å². The summed E-state index contributed by atoms with van der Waals surface area (Å²) in [6.45, 7) is -1.05. The van der Waals surface area contributed by atoms with Gasteiger partial charge in [0.15, 0.2) is 5.69 Å². The van der Waals surface area contributed by atoms with Crippen molar-refractivity contribution in [2.24, 2.45) is 5.73 Å². The predicted octanol–water partition coefficient (Wildman–Crippen LogP) is 6.40. The van der Waals surface area contributed by atoms with Gasteiger partial charge in [0, 0.05) is 23.4 Å². The number of hydrogen-bond donors (Lipinski definition) is 2. The van der Waals surface area contributed by atoms with E-state index in [1.54, 1.807) is 0 Å². The number of hydrogen-bond acceptors (Lipinski definition) is 4. The molecule has 1 saturated carbocycles. The zero-order valence-electron chi connectivity index (χ0n) is 23.0. The van der Waals surface area contributed by atoms with E-state index in [2.05, 4.69) is 15.4 Å². The number of benzene rings is 2. The van der Waals surface area contributed by atoms with Crippen LogP contribution in [-0.4, -0.2) is 26.6 Å². The highest BCUT2D eigenvalue weighted by atomic mass is 19.4. The largest absolute Gasteiger partial charge is 0.435 e. The van der Waals surface area contributed by atoms with Gasteiger partial charge in [-0.2, -0.15) is 18.3 Å². The molecule has 0 spiro atoms. The second-order valence-corrected chi connectivity index (χ2v) is 10.5. The molecule has 3 N–H and O–H groups in total. The van der Waals surface area contributed by atoms with Gasteiger partial charge < -0.3 is 11.1 Å². The van der Waals surface area contributed by atoms with Crippen molar-refractivity contribution in [2.75, 3.05) is 0 Å². The zero-order valence-corrected chi connectivity index (χ0v) is 23.0. The summed E-state index contributed by atoms with van der Waals surface area (Å²) in [5.41, 5.74) is 2.17. The van der Waals surface area contributed by atoms with Crippen LogP contribution in [0.15, 0.2) is 54.7 Å². The molecule has 0 saturated heterocycles. The minimum Gasteiger partial charge on any atom is -0.366 e. The first-order valence-electron chi connectivity index (χ1n) is 13.5. The molecule has 2 heterocycles. The van der Waals surface area contributed by atoms with Crippen LogP contribution in [0, 0.1) is 17.5 Å².